The number of imide groups is 1. The van der Waals surface area contributed by atoms with Crippen LogP contribution in [-0.2, 0) is 0 Å². The quantitative estimate of drug-likeness (QED) is 0.525. The number of anilines is 1. The number of amides is 2. The molecule has 108 valence electrons. The lowest BCUT2D eigenvalue weighted by Gasteiger charge is -2.13. The fourth-order valence-electron chi connectivity index (χ4n) is 2.11. The Morgan fingerprint density at radius 1 is 1.05 bits per heavy atom. The average Bonchev–Trinajstić information content (AvgIpc) is 2.57. The normalized spacial score (nSPS) is 14.8. The van der Waals surface area contributed by atoms with Gasteiger partial charge in [0.1, 0.15) is 0 Å². The summed E-state index contributed by atoms with van der Waals surface area (Å²) in [6.07, 6.45) is -5.11. The predicted molar refractivity (Wildman–Crippen MR) is 66.1 cm³/mol. The van der Waals surface area contributed by atoms with Gasteiger partial charge in [-0.1, -0.05) is 0 Å². The number of nitrogens with zero attached hydrogens (tertiary/aromatic N) is 1. The molecular weight excluding hydrogens is 273 g/mol. The van der Waals surface area contributed by atoms with Gasteiger partial charge in [0.15, 0.2) is 0 Å². The molecule has 0 aliphatic carbocycles. The van der Waals surface area contributed by atoms with Gasteiger partial charge >= 0.3 is 6.18 Å². The molecule has 0 spiro atoms. The van der Waals surface area contributed by atoms with E-state index in [1.54, 1.807) is 0 Å². The van der Waals surface area contributed by atoms with E-state index in [-0.39, 0.29) is 30.5 Å². The number of carbonyl (C=O) groups is 2. The lowest BCUT2D eigenvalue weighted by Crippen LogP contribution is -2.30. The standard InChI is InChI=1S/C13H13F3N2O2/c14-13(15,16)5-1-2-6-18-11(19)9-4-3-8(17)7-10(9)12(18)20/h3-4,7H,1-2,5-6,17H2. The molecule has 1 heterocycles. The Labute approximate surface area is 113 Å². The van der Waals surface area contributed by atoms with Crippen molar-refractivity contribution in [1.29, 1.82) is 0 Å². The molecule has 2 amide bonds. The van der Waals surface area contributed by atoms with Crippen LogP contribution in [-0.4, -0.2) is 29.4 Å². The second-order valence-corrected chi connectivity index (χ2v) is 4.64. The summed E-state index contributed by atoms with van der Waals surface area (Å²) in [4.78, 5) is 24.9. The van der Waals surface area contributed by atoms with Crippen LogP contribution >= 0.6 is 0 Å². The molecule has 2 rings (SSSR count). The molecular formula is C13H13F3N2O2. The minimum atomic E-state index is -4.21. The Hall–Kier alpha value is -2.05. The van der Waals surface area contributed by atoms with Crippen molar-refractivity contribution in [3.63, 3.8) is 0 Å². The molecule has 1 aliphatic heterocycles. The summed E-state index contributed by atoms with van der Waals surface area (Å²) in [5, 5.41) is 0. The molecule has 0 fully saturated rings. The van der Waals surface area contributed by atoms with Crippen molar-refractivity contribution < 1.29 is 22.8 Å². The fourth-order valence-corrected chi connectivity index (χ4v) is 2.11. The number of halogens is 3. The molecule has 0 radical (unpaired) electrons. The molecule has 1 aromatic carbocycles. The van der Waals surface area contributed by atoms with Crippen molar-refractivity contribution in [2.24, 2.45) is 0 Å². The maximum Gasteiger partial charge on any atom is 0.389 e. The predicted octanol–water partition coefficient (Wildman–Crippen LogP) is 2.60. The van der Waals surface area contributed by atoms with Crippen molar-refractivity contribution in [2.45, 2.75) is 25.4 Å². The third-order valence-corrected chi connectivity index (χ3v) is 3.09. The van der Waals surface area contributed by atoms with E-state index in [1.807, 2.05) is 0 Å². The number of nitrogen functional groups attached to an aromatic ring is 1. The van der Waals surface area contributed by atoms with Crippen LogP contribution in [0.1, 0.15) is 40.0 Å². The van der Waals surface area contributed by atoms with Crippen molar-refractivity contribution in [1.82, 2.24) is 4.90 Å². The Morgan fingerprint density at radius 3 is 2.35 bits per heavy atom. The number of hydrogen-bond donors (Lipinski definition) is 1. The number of nitrogens with two attached hydrogens (primary N) is 1. The van der Waals surface area contributed by atoms with Gasteiger partial charge in [-0.25, -0.2) is 0 Å². The van der Waals surface area contributed by atoms with E-state index in [2.05, 4.69) is 0 Å². The fraction of sp³-hybridized carbons (Fsp3) is 0.385. The zero-order chi connectivity index (χ0) is 14.9. The molecule has 0 atom stereocenters. The number of carbonyl (C=O) groups excluding carboxylic acids is 2. The summed E-state index contributed by atoms with van der Waals surface area (Å²) in [6.45, 7) is -0.0116. The van der Waals surface area contributed by atoms with E-state index in [0.717, 1.165) is 4.90 Å². The monoisotopic (exact) mass is 286 g/mol. The van der Waals surface area contributed by atoms with Crippen LogP contribution < -0.4 is 5.73 Å². The van der Waals surface area contributed by atoms with Crippen LogP contribution in [0.4, 0.5) is 18.9 Å². The average molecular weight is 286 g/mol. The van der Waals surface area contributed by atoms with Gasteiger partial charge in [0.2, 0.25) is 0 Å². The summed E-state index contributed by atoms with van der Waals surface area (Å²) in [5.41, 5.74) is 6.37. The van der Waals surface area contributed by atoms with E-state index in [1.165, 1.54) is 18.2 Å². The summed E-state index contributed by atoms with van der Waals surface area (Å²) in [7, 11) is 0. The summed E-state index contributed by atoms with van der Waals surface area (Å²) < 4.78 is 36.0. The van der Waals surface area contributed by atoms with E-state index in [4.69, 9.17) is 5.73 Å². The van der Waals surface area contributed by atoms with Crippen molar-refractivity contribution in [3.8, 4) is 0 Å². The molecule has 0 saturated carbocycles. The van der Waals surface area contributed by atoms with Gasteiger partial charge in [-0.2, -0.15) is 13.2 Å². The number of fused-ring (bicyclic) bond motifs is 1. The van der Waals surface area contributed by atoms with Crippen LogP contribution in [0.5, 0.6) is 0 Å². The maximum atomic E-state index is 12.0. The maximum absolute atomic E-state index is 12.0. The molecule has 20 heavy (non-hydrogen) atoms. The summed E-state index contributed by atoms with van der Waals surface area (Å²) in [5.74, 6) is -0.971. The molecule has 7 heteroatoms. The van der Waals surface area contributed by atoms with E-state index in [9.17, 15) is 22.8 Å². The van der Waals surface area contributed by atoms with Crippen molar-refractivity contribution >= 4 is 17.5 Å². The van der Waals surface area contributed by atoms with Gasteiger partial charge in [0, 0.05) is 18.7 Å². The zero-order valence-electron chi connectivity index (χ0n) is 10.5. The number of hydrogen-bond acceptors (Lipinski definition) is 3. The topological polar surface area (TPSA) is 63.4 Å². The van der Waals surface area contributed by atoms with Crippen molar-refractivity contribution in [2.75, 3.05) is 12.3 Å². The largest absolute Gasteiger partial charge is 0.399 e. The summed E-state index contributed by atoms with van der Waals surface area (Å²) >= 11 is 0. The first-order valence-corrected chi connectivity index (χ1v) is 6.12. The smallest absolute Gasteiger partial charge is 0.389 e. The van der Waals surface area contributed by atoms with E-state index < -0.39 is 24.4 Å². The van der Waals surface area contributed by atoms with E-state index >= 15 is 0 Å². The van der Waals surface area contributed by atoms with Gasteiger partial charge in [-0.15, -0.1) is 0 Å². The van der Waals surface area contributed by atoms with Gasteiger partial charge in [0.25, 0.3) is 11.8 Å². The first kappa shape index (κ1) is 14.4. The summed E-state index contributed by atoms with van der Waals surface area (Å²) in [6, 6.07) is 4.38. The van der Waals surface area contributed by atoms with Gasteiger partial charge in [-0.3, -0.25) is 14.5 Å². The van der Waals surface area contributed by atoms with E-state index in [0.29, 0.717) is 5.69 Å². The first-order chi connectivity index (χ1) is 9.29. The van der Waals surface area contributed by atoms with Gasteiger partial charge < -0.3 is 5.73 Å². The molecule has 1 aliphatic rings. The van der Waals surface area contributed by atoms with Crippen LogP contribution in [0, 0.1) is 0 Å². The third kappa shape index (κ3) is 2.92. The minimum absolute atomic E-state index is 0.0116. The Kier molecular flexibility index (Phi) is 3.69. The zero-order valence-corrected chi connectivity index (χ0v) is 10.5. The highest BCUT2D eigenvalue weighted by Gasteiger charge is 2.35. The second-order valence-electron chi connectivity index (χ2n) is 4.64. The highest BCUT2D eigenvalue weighted by molar-refractivity contribution is 6.21. The van der Waals surface area contributed by atoms with Crippen molar-refractivity contribution in [3.05, 3.63) is 29.3 Å². The van der Waals surface area contributed by atoms with Gasteiger partial charge in [-0.05, 0) is 31.0 Å². The molecule has 1 aromatic rings. The second kappa shape index (κ2) is 5.15. The Morgan fingerprint density at radius 2 is 1.70 bits per heavy atom. The minimum Gasteiger partial charge on any atom is -0.399 e. The third-order valence-electron chi connectivity index (χ3n) is 3.09. The molecule has 0 unspecified atom stereocenters. The first-order valence-electron chi connectivity index (χ1n) is 6.12. The van der Waals surface area contributed by atoms with Crippen LogP contribution in [0.25, 0.3) is 0 Å². The molecule has 4 nitrogen and oxygen atoms in total. The molecule has 0 bridgehead atoms. The number of unbranched alkanes of at least 4 members (excludes halogenated alkanes) is 1. The molecule has 2 N–H and O–H groups in total. The SMILES string of the molecule is Nc1ccc2c(c1)C(=O)N(CCCCC(F)(F)F)C2=O. The number of alkyl halides is 3. The lowest BCUT2D eigenvalue weighted by atomic mass is 10.1. The number of benzene rings is 1. The van der Waals surface area contributed by atoms with Crippen LogP contribution in [0.3, 0.4) is 0 Å². The highest BCUT2D eigenvalue weighted by Crippen LogP contribution is 2.26. The molecule has 0 saturated heterocycles. The Balaban J connectivity index is 1.99. The van der Waals surface area contributed by atoms with Crippen LogP contribution in [0.15, 0.2) is 18.2 Å². The Bertz CT molecular complexity index is 555. The number of rotatable bonds is 4. The van der Waals surface area contributed by atoms with Crippen LogP contribution in [0.2, 0.25) is 0 Å². The lowest BCUT2D eigenvalue weighted by molar-refractivity contribution is -0.135. The highest BCUT2D eigenvalue weighted by atomic mass is 19.4. The van der Waals surface area contributed by atoms with Gasteiger partial charge in [0.05, 0.1) is 11.1 Å². The molecule has 0 aromatic heterocycles.